The van der Waals surface area contributed by atoms with E-state index in [0.29, 0.717) is 12.2 Å². The number of carbonyl (C=O) groups excluding carboxylic acids is 1. The third-order valence-electron chi connectivity index (χ3n) is 4.08. The molecule has 1 amide bonds. The van der Waals surface area contributed by atoms with Gasteiger partial charge in [-0.25, -0.2) is 0 Å². The van der Waals surface area contributed by atoms with Crippen LogP contribution in [0.15, 0.2) is 48.5 Å². The van der Waals surface area contributed by atoms with Crippen molar-refractivity contribution in [3.8, 4) is 0 Å². The van der Waals surface area contributed by atoms with E-state index >= 15 is 0 Å². The predicted octanol–water partition coefficient (Wildman–Crippen LogP) is 4.02. The summed E-state index contributed by atoms with van der Waals surface area (Å²) in [5.41, 5.74) is 5.12. The monoisotopic (exact) mass is 321 g/mol. The molecule has 3 N–H and O–H groups in total. The standard InChI is InChI=1S/C20H23N3O/c1-14-11-15(2)17-13-19(23-18(17)12-14)20(24)22-10-6-9-21-16-7-4-3-5-8-16/h3-5,7-8,11-13,21,23H,6,9-10H2,1-2H3,(H,22,24). The second-order valence-corrected chi connectivity index (χ2v) is 6.13. The number of fused-ring (bicyclic) bond motifs is 1. The molecule has 3 rings (SSSR count). The fraction of sp³-hybridized carbons (Fsp3) is 0.250. The van der Waals surface area contributed by atoms with Crippen LogP contribution in [0.2, 0.25) is 0 Å². The van der Waals surface area contributed by atoms with Gasteiger partial charge in [0.1, 0.15) is 5.69 Å². The zero-order valence-corrected chi connectivity index (χ0v) is 14.1. The third kappa shape index (κ3) is 3.77. The molecule has 0 radical (unpaired) electrons. The van der Waals surface area contributed by atoms with Crippen LogP contribution in [0.3, 0.4) is 0 Å². The number of carbonyl (C=O) groups is 1. The van der Waals surface area contributed by atoms with Crippen molar-refractivity contribution in [3.63, 3.8) is 0 Å². The van der Waals surface area contributed by atoms with E-state index in [1.165, 1.54) is 11.1 Å². The van der Waals surface area contributed by atoms with Crippen molar-refractivity contribution in [1.82, 2.24) is 10.3 Å². The molecule has 0 unspecified atom stereocenters. The molecule has 0 aliphatic carbocycles. The summed E-state index contributed by atoms with van der Waals surface area (Å²) in [7, 11) is 0. The number of nitrogens with one attached hydrogen (secondary N) is 3. The molecule has 124 valence electrons. The van der Waals surface area contributed by atoms with Crippen LogP contribution in [0.25, 0.3) is 10.9 Å². The van der Waals surface area contributed by atoms with Crippen LogP contribution in [0.5, 0.6) is 0 Å². The maximum absolute atomic E-state index is 12.3. The normalized spacial score (nSPS) is 10.8. The summed E-state index contributed by atoms with van der Waals surface area (Å²) in [6.07, 6.45) is 0.874. The molecule has 0 fully saturated rings. The molecule has 0 aliphatic heterocycles. The summed E-state index contributed by atoms with van der Waals surface area (Å²) in [4.78, 5) is 15.5. The van der Waals surface area contributed by atoms with Gasteiger partial charge in [0.25, 0.3) is 5.91 Å². The number of H-pyrrole nitrogens is 1. The van der Waals surface area contributed by atoms with Crippen molar-refractivity contribution in [1.29, 1.82) is 0 Å². The smallest absolute Gasteiger partial charge is 0.267 e. The van der Waals surface area contributed by atoms with E-state index < -0.39 is 0 Å². The van der Waals surface area contributed by atoms with Gasteiger partial charge in [0.2, 0.25) is 0 Å². The molecular formula is C20H23N3O. The van der Waals surface area contributed by atoms with Gasteiger partial charge in [-0.2, -0.15) is 0 Å². The lowest BCUT2D eigenvalue weighted by molar-refractivity contribution is 0.0949. The molecule has 1 aromatic heterocycles. The summed E-state index contributed by atoms with van der Waals surface area (Å²) in [6.45, 7) is 5.61. The van der Waals surface area contributed by atoms with Gasteiger partial charge in [-0.05, 0) is 55.7 Å². The molecule has 1 heterocycles. The van der Waals surface area contributed by atoms with E-state index in [-0.39, 0.29) is 5.91 Å². The van der Waals surface area contributed by atoms with Gasteiger partial charge in [0.05, 0.1) is 0 Å². The number of aromatic amines is 1. The summed E-state index contributed by atoms with van der Waals surface area (Å²) < 4.78 is 0. The fourth-order valence-electron chi connectivity index (χ4n) is 2.90. The Morgan fingerprint density at radius 1 is 1.04 bits per heavy atom. The van der Waals surface area contributed by atoms with Crippen LogP contribution in [0.4, 0.5) is 5.69 Å². The van der Waals surface area contributed by atoms with Crippen LogP contribution >= 0.6 is 0 Å². The fourth-order valence-corrected chi connectivity index (χ4v) is 2.90. The number of rotatable bonds is 6. The minimum Gasteiger partial charge on any atom is -0.385 e. The molecule has 4 nitrogen and oxygen atoms in total. The van der Waals surface area contributed by atoms with Crippen LogP contribution in [0, 0.1) is 13.8 Å². The average Bonchev–Trinajstić information content (AvgIpc) is 3.00. The summed E-state index contributed by atoms with van der Waals surface area (Å²) in [5, 5.41) is 7.41. The van der Waals surface area contributed by atoms with Gasteiger partial charge in [0, 0.05) is 29.7 Å². The SMILES string of the molecule is Cc1cc(C)c2cc(C(=O)NCCCNc3ccccc3)[nH]c2c1. The van der Waals surface area contributed by atoms with Crippen molar-refractivity contribution in [2.45, 2.75) is 20.3 Å². The highest BCUT2D eigenvalue weighted by Crippen LogP contribution is 2.21. The summed E-state index contributed by atoms with van der Waals surface area (Å²) >= 11 is 0. The average molecular weight is 321 g/mol. The van der Waals surface area contributed by atoms with Gasteiger partial charge >= 0.3 is 0 Å². The topological polar surface area (TPSA) is 56.9 Å². The van der Waals surface area contributed by atoms with Gasteiger partial charge in [-0.15, -0.1) is 0 Å². The maximum atomic E-state index is 12.3. The van der Waals surface area contributed by atoms with E-state index in [0.717, 1.165) is 29.6 Å². The maximum Gasteiger partial charge on any atom is 0.267 e. The van der Waals surface area contributed by atoms with Crippen LogP contribution < -0.4 is 10.6 Å². The minimum absolute atomic E-state index is 0.0528. The van der Waals surface area contributed by atoms with Crippen molar-refractivity contribution in [2.75, 3.05) is 18.4 Å². The predicted molar refractivity (Wildman–Crippen MR) is 99.7 cm³/mol. The molecule has 0 atom stereocenters. The highest BCUT2D eigenvalue weighted by atomic mass is 16.1. The molecule has 24 heavy (non-hydrogen) atoms. The van der Waals surface area contributed by atoms with E-state index in [1.54, 1.807) is 0 Å². The van der Waals surface area contributed by atoms with E-state index in [1.807, 2.05) is 36.4 Å². The van der Waals surface area contributed by atoms with Crippen molar-refractivity contribution >= 4 is 22.5 Å². The van der Waals surface area contributed by atoms with Crippen molar-refractivity contribution in [2.24, 2.45) is 0 Å². The minimum atomic E-state index is -0.0528. The Kier molecular flexibility index (Phi) is 4.85. The third-order valence-corrected chi connectivity index (χ3v) is 4.08. The van der Waals surface area contributed by atoms with Gasteiger partial charge in [0.15, 0.2) is 0 Å². The first kappa shape index (κ1) is 16.1. The van der Waals surface area contributed by atoms with E-state index in [9.17, 15) is 4.79 Å². The molecular weight excluding hydrogens is 298 g/mol. The van der Waals surface area contributed by atoms with Gasteiger partial charge in [-0.1, -0.05) is 24.3 Å². The van der Waals surface area contributed by atoms with Gasteiger partial charge in [-0.3, -0.25) is 4.79 Å². The number of amides is 1. The molecule has 0 bridgehead atoms. The lowest BCUT2D eigenvalue weighted by Crippen LogP contribution is -2.26. The molecule has 0 saturated carbocycles. The zero-order valence-electron chi connectivity index (χ0n) is 14.1. The number of aryl methyl sites for hydroxylation is 2. The first-order chi connectivity index (χ1) is 11.6. The largest absolute Gasteiger partial charge is 0.385 e. The first-order valence-corrected chi connectivity index (χ1v) is 8.30. The van der Waals surface area contributed by atoms with Crippen molar-refractivity contribution in [3.05, 3.63) is 65.4 Å². The van der Waals surface area contributed by atoms with Gasteiger partial charge < -0.3 is 15.6 Å². The second-order valence-electron chi connectivity index (χ2n) is 6.13. The lowest BCUT2D eigenvalue weighted by Gasteiger charge is -2.06. The Balaban J connectivity index is 1.51. The van der Waals surface area contributed by atoms with Crippen LogP contribution in [0.1, 0.15) is 28.0 Å². The first-order valence-electron chi connectivity index (χ1n) is 8.30. The highest BCUT2D eigenvalue weighted by molar-refractivity contribution is 5.98. The zero-order chi connectivity index (χ0) is 16.9. The summed E-state index contributed by atoms with van der Waals surface area (Å²) in [5.74, 6) is -0.0528. The Morgan fingerprint density at radius 2 is 1.83 bits per heavy atom. The number of hydrogen-bond donors (Lipinski definition) is 3. The summed E-state index contributed by atoms with van der Waals surface area (Å²) in [6, 6.07) is 16.2. The number of hydrogen-bond acceptors (Lipinski definition) is 2. The number of aromatic nitrogens is 1. The number of para-hydroxylation sites is 1. The van der Waals surface area contributed by atoms with E-state index in [2.05, 4.69) is 41.6 Å². The number of benzene rings is 2. The highest BCUT2D eigenvalue weighted by Gasteiger charge is 2.10. The molecule has 2 aromatic carbocycles. The van der Waals surface area contributed by atoms with Crippen LogP contribution in [-0.4, -0.2) is 24.0 Å². The molecule has 0 aliphatic rings. The Morgan fingerprint density at radius 3 is 2.62 bits per heavy atom. The Bertz CT molecular complexity index is 837. The number of anilines is 1. The second kappa shape index (κ2) is 7.21. The van der Waals surface area contributed by atoms with Crippen molar-refractivity contribution < 1.29 is 4.79 Å². The molecule has 3 aromatic rings. The molecule has 4 heteroatoms. The quantitative estimate of drug-likeness (QED) is 0.601. The van der Waals surface area contributed by atoms with Crippen LogP contribution in [-0.2, 0) is 0 Å². The van der Waals surface area contributed by atoms with E-state index in [4.69, 9.17) is 0 Å². The molecule has 0 saturated heterocycles. The Hall–Kier alpha value is -2.75. The lowest BCUT2D eigenvalue weighted by atomic mass is 10.1. The Labute approximate surface area is 142 Å². The molecule has 0 spiro atoms.